The number of hydrogen-bond donors (Lipinski definition) is 1. The van der Waals surface area contributed by atoms with E-state index in [9.17, 15) is 4.79 Å². The van der Waals surface area contributed by atoms with Gasteiger partial charge >= 0.3 is 0 Å². The molecule has 2 heterocycles. The molecular weight excluding hydrogens is 385 g/mol. The van der Waals surface area contributed by atoms with Crippen LogP contribution in [-0.2, 0) is 13.1 Å². The van der Waals surface area contributed by atoms with Gasteiger partial charge in [-0.05, 0) is 24.6 Å². The largest absolute Gasteiger partial charge is 0.302 e. The van der Waals surface area contributed by atoms with Gasteiger partial charge in [0.25, 0.3) is 5.91 Å². The predicted octanol–water partition coefficient (Wildman–Crippen LogP) is 4.36. The average Bonchev–Trinajstić information content (AvgIpc) is 3.12. The second-order valence-electron chi connectivity index (χ2n) is 5.26. The van der Waals surface area contributed by atoms with Crippen molar-refractivity contribution in [1.82, 2.24) is 19.6 Å². The van der Waals surface area contributed by atoms with Gasteiger partial charge < -0.3 is 5.32 Å². The van der Waals surface area contributed by atoms with Crippen LogP contribution >= 0.6 is 34.8 Å². The number of nitrogens with one attached hydrogen (secondary N) is 1. The first-order valence-corrected chi connectivity index (χ1v) is 8.61. The van der Waals surface area contributed by atoms with E-state index in [1.54, 1.807) is 23.0 Å². The maximum Gasteiger partial charge on any atom is 0.276 e. The summed E-state index contributed by atoms with van der Waals surface area (Å²) in [5.74, 6) is -0.149. The van der Waals surface area contributed by atoms with Crippen LogP contribution in [0.3, 0.4) is 0 Å². The molecule has 1 amide bonds. The van der Waals surface area contributed by atoms with E-state index in [2.05, 4.69) is 15.5 Å². The highest BCUT2D eigenvalue weighted by molar-refractivity contribution is 6.35. The number of carbonyl (C=O) groups excluding carboxylic acids is 1. The Morgan fingerprint density at radius 1 is 1.16 bits per heavy atom. The third kappa shape index (κ3) is 3.98. The SMILES string of the molecule is CCn1ncc(Cl)c1C(=O)Nc1nn(Cc2ccc(Cl)cc2)cc1Cl. The zero-order chi connectivity index (χ0) is 18.0. The maximum atomic E-state index is 12.5. The van der Waals surface area contributed by atoms with Crippen molar-refractivity contribution >= 4 is 46.5 Å². The van der Waals surface area contributed by atoms with Gasteiger partial charge in [0.2, 0.25) is 0 Å². The highest BCUT2D eigenvalue weighted by atomic mass is 35.5. The summed E-state index contributed by atoms with van der Waals surface area (Å²) in [7, 11) is 0. The molecule has 1 N–H and O–H groups in total. The van der Waals surface area contributed by atoms with Gasteiger partial charge in [0.05, 0.1) is 17.8 Å². The van der Waals surface area contributed by atoms with Crippen molar-refractivity contribution in [2.45, 2.75) is 20.0 Å². The Morgan fingerprint density at radius 2 is 1.88 bits per heavy atom. The zero-order valence-corrected chi connectivity index (χ0v) is 15.5. The summed E-state index contributed by atoms with van der Waals surface area (Å²) in [6, 6.07) is 7.41. The van der Waals surface area contributed by atoms with E-state index in [0.717, 1.165) is 5.56 Å². The van der Waals surface area contributed by atoms with E-state index in [-0.39, 0.29) is 16.5 Å². The standard InChI is InChI=1S/C16H14Cl3N5O/c1-2-24-14(12(18)7-20-24)16(25)21-15-13(19)9-23(22-15)8-10-3-5-11(17)6-4-10/h3-7,9H,2,8H2,1H3,(H,21,22,25). The molecule has 0 atom stereocenters. The third-order valence-corrected chi connectivity index (χ3v) is 4.32. The van der Waals surface area contributed by atoms with Crippen molar-refractivity contribution in [3.8, 4) is 0 Å². The molecule has 0 aliphatic carbocycles. The number of carbonyl (C=O) groups is 1. The minimum atomic E-state index is -0.414. The van der Waals surface area contributed by atoms with Crippen LogP contribution in [0.1, 0.15) is 23.0 Å². The normalized spacial score (nSPS) is 10.9. The van der Waals surface area contributed by atoms with E-state index >= 15 is 0 Å². The van der Waals surface area contributed by atoms with E-state index in [4.69, 9.17) is 34.8 Å². The summed E-state index contributed by atoms with van der Waals surface area (Å²) in [5, 5.41) is 12.3. The molecule has 0 aliphatic rings. The summed E-state index contributed by atoms with van der Waals surface area (Å²) in [5.41, 5.74) is 1.28. The van der Waals surface area contributed by atoms with Crippen molar-refractivity contribution in [3.05, 3.63) is 63.0 Å². The lowest BCUT2D eigenvalue weighted by Gasteiger charge is -2.06. The fourth-order valence-electron chi connectivity index (χ4n) is 2.33. The van der Waals surface area contributed by atoms with Crippen molar-refractivity contribution in [2.75, 3.05) is 5.32 Å². The Kier molecular flexibility index (Phi) is 5.32. The van der Waals surface area contributed by atoms with Crippen LogP contribution in [0, 0.1) is 0 Å². The molecular formula is C16H14Cl3N5O. The van der Waals surface area contributed by atoms with E-state index in [0.29, 0.717) is 23.1 Å². The molecule has 0 unspecified atom stereocenters. The lowest BCUT2D eigenvalue weighted by Crippen LogP contribution is -2.18. The first kappa shape index (κ1) is 17.8. The molecule has 0 bridgehead atoms. The van der Waals surface area contributed by atoms with Gasteiger partial charge in [-0.25, -0.2) is 0 Å². The van der Waals surface area contributed by atoms with Gasteiger partial charge in [0, 0.05) is 17.8 Å². The van der Waals surface area contributed by atoms with Gasteiger partial charge in [-0.3, -0.25) is 14.2 Å². The summed E-state index contributed by atoms with van der Waals surface area (Å²) in [6.45, 7) is 2.89. The van der Waals surface area contributed by atoms with E-state index < -0.39 is 5.91 Å². The Balaban J connectivity index is 1.77. The van der Waals surface area contributed by atoms with Gasteiger partial charge in [0.15, 0.2) is 5.82 Å². The molecule has 9 heteroatoms. The molecule has 0 radical (unpaired) electrons. The molecule has 0 saturated heterocycles. The number of rotatable bonds is 5. The molecule has 6 nitrogen and oxygen atoms in total. The molecule has 3 aromatic rings. The predicted molar refractivity (Wildman–Crippen MR) is 98.7 cm³/mol. The first-order valence-electron chi connectivity index (χ1n) is 7.48. The quantitative estimate of drug-likeness (QED) is 0.694. The number of anilines is 1. The van der Waals surface area contributed by atoms with E-state index in [1.807, 2.05) is 19.1 Å². The Morgan fingerprint density at radius 3 is 2.56 bits per heavy atom. The molecule has 0 spiro atoms. The Labute approximate surface area is 159 Å². The van der Waals surface area contributed by atoms with Crippen molar-refractivity contribution in [1.29, 1.82) is 0 Å². The number of aromatic nitrogens is 4. The molecule has 0 fully saturated rings. The lowest BCUT2D eigenvalue weighted by molar-refractivity contribution is 0.101. The zero-order valence-electron chi connectivity index (χ0n) is 13.2. The molecule has 0 saturated carbocycles. The molecule has 1 aromatic carbocycles. The van der Waals surface area contributed by atoms with E-state index in [1.165, 1.54) is 10.9 Å². The molecule has 25 heavy (non-hydrogen) atoms. The highest BCUT2D eigenvalue weighted by Crippen LogP contribution is 2.23. The Bertz CT molecular complexity index is 901. The lowest BCUT2D eigenvalue weighted by atomic mass is 10.2. The second-order valence-corrected chi connectivity index (χ2v) is 6.51. The number of amides is 1. The third-order valence-electron chi connectivity index (χ3n) is 3.52. The van der Waals surface area contributed by atoms with Gasteiger partial charge in [-0.1, -0.05) is 46.9 Å². The highest BCUT2D eigenvalue weighted by Gasteiger charge is 2.19. The average molecular weight is 399 g/mol. The van der Waals surface area contributed by atoms with Crippen LogP contribution < -0.4 is 5.32 Å². The summed E-state index contributed by atoms with van der Waals surface area (Å²) < 4.78 is 3.15. The van der Waals surface area contributed by atoms with Gasteiger partial charge in [0.1, 0.15) is 10.7 Å². The Hall–Kier alpha value is -2.02. The van der Waals surface area contributed by atoms with Crippen LogP contribution in [0.15, 0.2) is 36.7 Å². The van der Waals surface area contributed by atoms with Crippen LogP contribution in [0.2, 0.25) is 15.1 Å². The van der Waals surface area contributed by atoms with Crippen molar-refractivity contribution < 1.29 is 4.79 Å². The second kappa shape index (κ2) is 7.47. The summed E-state index contributed by atoms with van der Waals surface area (Å²) in [6.07, 6.45) is 3.07. The topological polar surface area (TPSA) is 64.7 Å². The van der Waals surface area contributed by atoms with Crippen molar-refractivity contribution in [3.63, 3.8) is 0 Å². The summed E-state index contributed by atoms with van der Waals surface area (Å²) >= 11 is 18.1. The van der Waals surface area contributed by atoms with Gasteiger partial charge in [-0.2, -0.15) is 10.2 Å². The van der Waals surface area contributed by atoms with Crippen molar-refractivity contribution in [2.24, 2.45) is 0 Å². The minimum Gasteiger partial charge on any atom is -0.302 e. The number of halogens is 3. The minimum absolute atomic E-state index is 0.264. The number of aryl methyl sites for hydroxylation is 1. The maximum absolute atomic E-state index is 12.5. The van der Waals surface area contributed by atoms with Crippen LogP contribution in [0.4, 0.5) is 5.82 Å². The molecule has 3 rings (SSSR count). The summed E-state index contributed by atoms with van der Waals surface area (Å²) in [4.78, 5) is 12.5. The van der Waals surface area contributed by atoms with Crippen LogP contribution in [-0.4, -0.2) is 25.5 Å². The van der Waals surface area contributed by atoms with Gasteiger partial charge in [-0.15, -0.1) is 0 Å². The monoisotopic (exact) mass is 397 g/mol. The molecule has 2 aromatic heterocycles. The van der Waals surface area contributed by atoms with Crippen LogP contribution in [0.25, 0.3) is 0 Å². The number of hydrogen-bond acceptors (Lipinski definition) is 3. The fraction of sp³-hybridized carbons (Fsp3) is 0.188. The molecule has 0 aliphatic heterocycles. The fourth-order valence-corrected chi connectivity index (χ4v) is 2.89. The van der Waals surface area contributed by atoms with Crippen LogP contribution in [0.5, 0.6) is 0 Å². The first-order chi connectivity index (χ1) is 12.0. The molecule has 130 valence electrons. The smallest absolute Gasteiger partial charge is 0.276 e. The number of nitrogens with zero attached hydrogens (tertiary/aromatic N) is 4. The number of benzene rings is 1.